The quantitative estimate of drug-likeness (QED) is 0.896. The second kappa shape index (κ2) is 5.74. The van der Waals surface area contributed by atoms with Crippen molar-refractivity contribution in [2.45, 2.75) is 58.3 Å². The van der Waals surface area contributed by atoms with Crippen molar-refractivity contribution in [2.24, 2.45) is 5.92 Å². The zero-order chi connectivity index (χ0) is 15.0. The number of hydrogen-bond acceptors (Lipinski definition) is 3. The van der Waals surface area contributed by atoms with Gasteiger partial charge in [0.2, 0.25) is 0 Å². The number of nitrogens with one attached hydrogen (secondary N) is 1. The molecule has 1 aliphatic heterocycles. The molecule has 2 heterocycles. The molecule has 2 rings (SSSR count). The van der Waals surface area contributed by atoms with Crippen LogP contribution in [0.1, 0.15) is 52.6 Å². The fourth-order valence-corrected chi connectivity index (χ4v) is 3.82. The van der Waals surface area contributed by atoms with E-state index in [0.29, 0.717) is 5.92 Å². The first-order chi connectivity index (χ1) is 9.25. The Hall–Kier alpha value is -0.450. The van der Waals surface area contributed by atoms with Crippen molar-refractivity contribution in [2.75, 3.05) is 6.54 Å². The van der Waals surface area contributed by atoms with Crippen LogP contribution in [0, 0.1) is 5.92 Å². The molecule has 0 aliphatic carbocycles. The molecule has 0 saturated carbocycles. The van der Waals surface area contributed by atoms with Crippen LogP contribution >= 0.6 is 15.9 Å². The van der Waals surface area contributed by atoms with Gasteiger partial charge in [0, 0.05) is 28.8 Å². The van der Waals surface area contributed by atoms with Gasteiger partial charge < -0.3 is 10.1 Å². The van der Waals surface area contributed by atoms with Crippen LogP contribution in [0.15, 0.2) is 22.9 Å². The van der Waals surface area contributed by atoms with Gasteiger partial charge in [-0.15, -0.1) is 0 Å². The third-order valence-corrected chi connectivity index (χ3v) is 4.49. The summed E-state index contributed by atoms with van der Waals surface area (Å²) >= 11 is 3.52. The molecule has 4 heteroatoms. The zero-order valence-corrected chi connectivity index (χ0v) is 14.6. The minimum absolute atomic E-state index is 0.0682. The smallest absolute Gasteiger partial charge is 0.0681 e. The van der Waals surface area contributed by atoms with Crippen molar-refractivity contribution in [1.82, 2.24) is 10.3 Å². The summed E-state index contributed by atoms with van der Waals surface area (Å²) in [6, 6.07) is 2.42. The van der Waals surface area contributed by atoms with Crippen LogP contribution < -0.4 is 5.32 Å². The Kier molecular flexibility index (Phi) is 4.57. The zero-order valence-electron chi connectivity index (χ0n) is 13.0. The van der Waals surface area contributed by atoms with E-state index < -0.39 is 0 Å². The van der Waals surface area contributed by atoms with Crippen LogP contribution in [0.25, 0.3) is 0 Å². The van der Waals surface area contributed by atoms with Crippen LogP contribution in [0.2, 0.25) is 0 Å². The van der Waals surface area contributed by atoms with Gasteiger partial charge in [0.05, 0.1) is 11.2 Å². The van der Waals surface area contributed by atoms with E-state index in [-0.39, 0.29) is 17.2 Å². The molecule has 2 atom stereocenters. The largest absolute Gasteiger partial charge is 0.369 e. The minimum Gasteiger partial charge on any atom is -0.369 e. The highest BCUT2D eigenvalue weighted by Gasteiger charge is 2.49. The van der Waals surface area contributed by atoms with Crippen LogP contribution in [0.3, 0.4) is 0 Å². The van der Waals surface area contributed by atoms with Gasteiger partial charge in [0.15, 0.2) is 0 Å². The molecule has 0 bridgehead atoms. The average molecular weight is 341 g/mol. The van der Waals surface area contributed by atoms with Gasteiger partial charge in [0.1, 0.15) is 0 Å². The molecular weight excluding hydrogens is 316 g/mol. The van der Waals surface area contributed by atoms with E-state index in [4.69, 9.17) is 4.74 Å². The van der Waals surface area contributed by atoms with Crippen molar-refractivity contribution >= 4 is 15.9 Å². The van der Waals surface area contributed by atoms with Crippen molar-refractivity contribution in [3.8, 4) is 0 Å². The number of rotatable bonds is 4. The molecule has 0 spiro atoms. The summed E-state index contributed by atoms with van der Waals surface area (Å²) in [7, 11) is 0. The number of halogens is 1. The van der Waals surface area contributed by atoms with E-state index in [1.165, 1.54) is 5.56 Å². The van der Waals surface area contributed by atoms with Gasteiger partial charge in [-0.2, -0.15) is 0 Å². The van der Waals surface area contributed by atoms with Crippen LogP contribution in [-0.2, 0) is 4.74 Å². The molecule has 1 aromatic heterocycles. The molecule has 1 N–H and O–H groups in total. The summed E-state index contributed by atoms with van der Waals surface area (Å²) in [5, 5.41) is 3.62. The summed E-state index contributed by atoms with van der Waals surface area (Å²) in [4.78, 5) is 4.32. The van der Waals surface area contributed by atoms with E-state index in [1.807, 2.05) is 12.4 Å². The number of aromatic nitrogens is 1. The number of hydrogen-bond donors (Lipinski definition) is 1. The van der Waals surface area contributed by atoms with Crippen molar-refractivity contribution in [3.05, 3.63) is 28.5 Å². The summed E-state index contributed by atoms with van der Waals surface area (Å²) in [6.45, 7) is 11.8. The predicted octanol–water partition coefficient (Wildman–Crippen LogP) is 4.09. The average Bonchev–Trinajstić information content (AvgIpc) is 2.54. The minimum atomic E-state index is -0.140. The van der Waals surface area contributed by atoms with Crippen molar-refractivity contribution in [3.63, 3.8) is 0 Å². The fourth-order valence-electron chi connectivity index (χ4n) is 3.43. The Balaban J connectivity index is 2.34. The first-order valence-corrected chi connectivity index (χ1v) is 8.08. The van der Waals surface area contributed by atoms with Gasteiger partial charge in [-0.25, -0.2) is 0 Å². The molecule has 112 valence electrons. The maximum atomic E-state index is 6.26. The van der Waals surface area contributed by atoms with E-state index >= 15 is 0 Å². The maximum absolute atomic E-state index is 6.26. The lowest BCUT2D eigenvalue weighted by atomic mass is 9.79. The Bertz CT molecular complexity index is 473. The summed E-state index contributed by atoms with van der Waals surface area (Å²) in [6.07, 6.45) is 4.83. The molecule has 1 fully saturated rings. The molecule has 1 aromatic rings. The molecule has 1 aliphatic rings. The standard InChI is InChI=1S/C16H25BrN2O/c1-6-19-14(11-7-12(17)10-18-9-11)13-8-15(2,3)20-16(13,4)5/h7,9-10,13-14,19H,6,8H2,1-5H3. The molecule has 3 nitrogen and oxygen atoms in total. The monoisotopic (exact) mass is 340 g/mol. The van der Waals surface area contributed by atoms with Crippen molar-refractivity contribution < 1.29 is 4.74 Å². The van der Waals surface area contributed by atoms with E-state index in [1.54, 1.807) is 0 Å². The summed E-state index contributed by atoms with van der Waals surface area (Å²) < 4.78 is 7.28. The molecule has 0 aromatic carbocycles. The fraction of sp³-hybridized carbons (Fsp3) is 0.688. The highest BCUT2D eigenvalue weighted by molar-refractivity contribution is 9.10. The summed E-state index contributed by atoms with van der Waals surface area (Å²) in [5.41, 5.74) is 1.01. The second-order valence-electron chi connectivity index (χ2n) is 6.75. The summed E-state index contributed by atoms with van der Waals surface area (Å²) in [5.74, 6) is 0.425. The molecular formula is C16H25BrN2O. The second-order valence-corrected chi connectivity index (χ2v) is 7.66. The normalized spacial score (nSPS) is 25.6. The van der Waals surface area contributed by atoms with Gasteiger partial charge in [-0.1, -0.05) is 6.92 Å². The Labute approximate surface area is 130 Å². The lowest BCUT2D eigenvalue weighted by Crippen LogP contribution is -2.38. The topological polar surface area (TPSA) is 34.2 Å². The lowest BCUT2D eigenvalue weighted by molar-refractivity contribution is -0.0778. The highest BCUT2D eigenvalue weighted by atomic mass is 79.9. The first-order valence-electron chi connectivity index (χ1n) is 7.29. The van der Waals surface area contributed by atoms with Crippen LogP contribution in [0.5, 0.6) is 0 Å². The Morgan fingerprint density at radius 2 is 2.10 bits per heavy atom. The number of pyridine rings is 1. The molecule has 1 saturated heterocycles. The predicted molar refractivity (Wildman–Crippen MR) is 85.7 cm³/mol. The van der Waals surface area contributed by atoms with Crippen LogP contribution in [0.4, 0.5) is 0 Å². The lowest BCUT2D eigenvalue weighted by Gasteiger charge is -2.33. The van der Waals surface area contributed by atoms with E-state index in [2.05, 4.69) is 66.9 Å². The van der Waals surface area contributed by atoms with Gasteiger partial charge >= 0.3 is 0 Å². The first kappa shape index (κ1) is 15.9. The highest BCUT2D eigenvalue weighted by Crippen LogP contribution is 2.47. The third kappa shape index (κ3) is 3.41. The maximum Gasteiger partial charge on any atom is 0.0681 e. The Morgan fingerprint density at radius 3 is 2.60 bits per heavy atom. The van der Waals surface area contributed by atoms with E-state index in [9.17, 15) is 0 Å². The number of ether oxygens (including phenoxy) is 1. The van der Waals surface area contributed by atoms with Crippen molar-refractivity contribution in [1.29, 1.82) is 0 Å². The van der Waals surface area contributed by atoms with E-state index in [0.717, 1.165) is 17.4 Å². The molecule has 0 radical (unpaired) electrons. The van der Waals surface area contributed by atoms with Gasteiger partial charge in [-0.05, 0) is 68.2 Å². The molecule has 2 unspecified atom stereocenters. The van der Waals surface area contributed by atoms with Gasteiger partial charge in [-0.3, -0.25) is 4.98 Å². The SMILES string of the molecule is CCNC(c1cncc(Br)c1)C1CC(C)(C)OC1(C)C. The number of nitrogens with zero attached hydrogens (tertiary/aromatic N) is 1. The molecule has 20 heavy (non-hydrogen) atoms. The van der Waals surface area contributed by atoms with Crippen LogP contribution in [-0.4, -0.2) is 22.7 Å². The van der Waals surface area contributed by atoms with Gasteiger partial charge in [0.25, 0.3) is 0 Å². The Morgan fingerprint density at radius 1 is 1.40 bits per heavy atom. The molecule has 0 amide bonds. The third-order valence-electron chi connectivity index (χ3n) is 4.06.